The third-order valence-electron chi connectivity index (χ3n) is 2.90. The molecule has 1 heterocycles. The Labute approximate surface area is 109 Å². The molecular formula is C13H13NO5. The molecule has 1 aromatic rings. The number of carbonyl (C=O) groups excluding carboxylic acids is 2. The van der Waals surface area contributed by atoms with E-state index in [2.05, 4.69) is 4.74 Å². The average Bonchev–Trinajstić information content (AvgIpc) is 2.71. The normalized spacial score (nSPS) is 22.3. The Morgan fingerprint density at radius 3 is 2.42 bits per heavy atom. The maximum Gasteiger partial charge on any atom is 0.350 e. The molecule has 1 aliphatic heterocycles. The largest absolute Gasteiger partial charge is 0.465 e. The Bertz CT molecular complexity index is 551. The molecule has 0 amide bonds. The maximum absolute atomic E-state index is 11.8. The molecule has 100 valence electrons. The molecule has 0 saturated heterocycles. The minimum Gasteiger partial charge on any atom is -0.465 e. The van der Waals surface area contributed by atoms with Crippen LogP contribution in [0.15, 0.2) is 41.6 Å². The van der Waals surface area contributed by atoms with Crippen LogP contribution in [0.2, 0.25) is 0 Å². The van der Waals surface area contributed by atoms with Gasteiger partial charge in [0, 0.05) is 12.7 Å². The summed E-state index contributed by atoms with van der Waals surface area (Å²) in [4.78, 5) is 23.3. The Kier molecular flexibility index (Phi) is 3.26. The molecule has 0 radical (unpaired) electrons. The first-order valence-electron chi connectivity index (χ1n) is 5.49. The summed E-state index contributed by atoms with van der Waals surface area (Å²) < 4.78 is 14.9. The molecule has 0 aliphatic carbocycles. The summed E-state index contributed by atoms with van der Waals surface area (Å²) in [7, 11) is 2.50. The van der Waals surface area contributed by atoms with E-state index < -0.39 is 17.7 Å². The minimum atomic E-state index is -1.58. The lowest BCUT2D eigenvalue weighted by Gasteiger charge is -2.27. The zero-order valence-corrected chi connectivity index (χ0v) is 10.5. The summed E-state index contributed by atoms with van der Waals surface area (Å²) in [5, 5.41) is 0. The fraction of sp³-hybridized carbons (Fsp3) is 0.231. The highest BCUT2D eigenvalue weighted by atomic mass is 16.7. The van der Waals surface area contributed by atoms with E-state index in [4.69, 9.17) is 15.2 Å². The van der Waals surface area contributed by atoms with Crippen molar-refractivity contribution in [1.82, 2.24) is 0 Å². The Balaban J connectivity index is 2.58. The molecule has 6 nitrogen and oxygen atoms in total. The quantitative estimate of drug-likeness (QED) is 0.628. The Hall–Kier alpha value is -2.34. The molecule has 0 aromatic heterocycles. The third kappa shape index (κ3) is 1.86. The number of benzene rings is 1. The molecular weight excluding hydrogens is 250 g/mol. The second-order valence-corrected chi connectivity index (χ2v) is 3.86. The first-order chi connectivity index (χ1) is 9.06. The van der Waals surface area contributed by atoms with Gasteiger partial charge in [-0.1, -0.05) is 30.3 Å². The summed E-state index contributed by atoms with van der Waals surface area (Å²) in [6, 6.07) is 8.65. The first-order valence-corrected chi connectivity index (χ1v) is 5.49. The molecule has 0 saturated carbocycles. The Morgan fingerprint density at radius 1 is 1.26 bits per heavy atom. The van der Waals surface area contributed by atoms with Gasteiger partial charge in [0.25, 0.3) is 5.79 Å². The summed E-state index contributed by atoms with van der Waals surface area (Å²) in [5.41, 5.74) is 5.94. The average molecular weight is 263 g/mol. The molecule has 19 heavy (non-hydrogen) atoms. The summed E-state index contributed by atoms with van der Waals surface area (Å²) in [6.07, 6.45) is 0. The van der Waals surface area contributed by atoms with Gasteiger partial charge in [-0.05, 0) is 0 Å². The van der Waals surface area contributed by atoms with Crippen molar-refractivity contribution in [2.75, 3.05) is 14.2 Å². The fourth-order valence-corrected chi connectivity index (χ4v) is 1.95. The first kappa shape index (κ1) is 13.1. The second kappa shape index (κ2) is 4.74. The van der Waals surface area contributed by atoms with Crippen molar-refractivity contribution < 1.29 is 23.8 Å². The van der Waals surface area contributed by atoms with Crippen molar-refractivity contribution in [3.63, 3.8) is 0 Å². The van der Waals surface area contributed by atoms with Crippen molar-refractivity contribution in [2.24, 2.45) is 5.73 Å². The summed E-state index contributed by atoms with van der Waals surface area (Å²) in [6.45, 7) is 0. The van der Waals surface area contributed by atoms with Crippen LogP contribution in [0.1, 0.15) is 5.56 Å². The predicted octanol–water partition coefficient (Wildman–Crippen LogP) is 0.428. The molecule has 0 bridgehead atoms. The lowest BCUT2D eigenvalue weighted by molar-refractivity contribution is -0.197. The number of hydrogen-bond acceptors (Lipinski definition) is 6. The lowest BCUT2D eigenvalue weighted by Crippen LogP contribution is -2.34. The molecule has 6 heteroatoms. The highest BCUT2D eigenvalue weighted by Crippen LogP contribution is 2.39. The van der Waals surface area contributed by atoms with E-state index in [9.17, 15) is 9.59 Å². The van der Waals surface area contributed by atoms with Crippen LogP contribution in [-0.2, 0) is 29.6 Å². The monoisotopic (exact) mass is 263 g/mol. The van der Waals surface area contributed by atoms with Gasteiger partial charge in [-0.15, -0.1) is 0 Å². The van der Waals surface area contributed by atoms with Crippen LogP contribution in [0.4, 0.5) is 0 Å². The predicted molar refractivity (Wildman–Crippen MR) is 64.5 cm³/mol. The molecule has 1 aliphatic rings. The molecule has 1 aromatic carbocycles. The van der Waals surface area contributed by atoms with Gasteiger partial charge < -0.3 is 19.9 Å². The SMILES string of the molecule is COC(=O)C1=C(N)C(OC)(c2ccccc2)OC1=O. The van der Waals surface area contributed by atoms with Crippen molar-refractivity contribution in [3.8, 4) is 0 Å². The summed E-state index contributed by atoms with van der Waals surface area (Å²) in [5.74, 6) is -3.30. The number of carbonyl (C=O) groups is 2. The molecule has 2 rings (SSSR count). The van der Waals surface area contributed by atoms with Crippen LogP contribution < -0.4 is 5.73 Å². The molecule has 1 atom stereocenters. The van der Waals surface area contributed by atoms with Gasteiger partial charge in [0.1, 0.15) is 5.70 Å². The van der Waals surface area contributed by atoms with Crippen molar-refractivity contribution in [1.29, 1.82) is 0 Å². The van der Waals surface area contributed by atoms with Crippen LogP contribution >= 0.6 is 0 Å². The van der Waals surface area contributed by atoms with Crippen molar-refractivity contribution >= 4 is 11.9 Å². The molecule has 0 spiro atoms. The van der Waals surface area contributed by atoms with Gasteiger partial charge in [-0.2, -0.15) is 0 Å². The lowest BCUT2D eigenvalue weighted by atomic mass is 10.0. The van der Waals surface area contributed by atoms with Crippen LogP contribution in [0, 0.1) is 0 Å². The topological polar surface area (TPSA) is 87.8 Å². The Morgan fingerprint density at radius 2 is 1.89 bits per heavy atom. The van der Waals surface area contributed by atoms with E-state index >= 15 is 0 Å². The van der Waals surface area contributed by atoms with E-state index in [0.29, 0.717) is 5.56 Å². The molecule has 2 N–H and O–H groups in total. The fourth-order valence-electron chi connectivity index (χ4n) is 1.95. The minimum absolute atomic E-state index is 0.113. The maximum atomic E-state index is 11.8. The van der Waals surface area contributed by atoms with Crippen LogP contribution in [0.3, 0.4) is 0 Å². The smallest absolute Gasteiger partial charge is 0.350 e. The number of cyclic esters (lactones) is 1. The van der Waals surface area contributed by atoms with E-state index in [0.717, 1.165) is 7.11 Å². The van der Waals surface area contributed by atoms with E-state index in [1.165, 1.54) is 7.11 Å². The van der Waals surface area contributed by atoms with E-state index in [-0.39, 0.29) is 11.3 Å². The van der Waals surface area contributed by atoms with E-state index in [1.807, 2.05) is 0 Å². The van der Waals surface area contributed by atoms with Gasteiger partial charge in [-0.25, -0.2) is 9.59 Å². The van der Waals surface area contributed by atoms with Crippen molar-refractivity contribution in [2.45, 2.75) is 5.79 Å². The number of rotatable bonds is 3. The van der Waals surface area contributed by atoms with E-state index in [1.54, 1.807) is 30.3 Å². The summed E-state index contributed by atoms with van der Waals surface area (Å²) >= 11 is 0. The third-order valence-corrected chi connectivity index (χ3v) is 2.90. The van der Waals surface area contributed by atoms with Crippen LogP contribution in [-0.4, -0.2) is 26.2 Å². The number of esters is 2. The molecule has 1 unspecified atom stereocenters. The van der Waals surface area contributed by atoms with Crippen LogP contribution in [0.25, 0.3) is 0 Å². The van der Waals surface area contributed by atoms with Crippen molar-refractivity contribution in [3.05, 3.63) is 47.2 Å². The number of ether oxygens (including phenoxy) is 3. The number of nitrogens with two attached hydrogens (primary N) is 1. The second-order valence-electron chi connectivity index (χ2n) is 3.86. The van der Waals surface area contributed by atoms with Crippen LogP contribution in [0.5, 0.6) is 0 Å². The highest BCUT2D eigenvalue weighted by Gasteiger charge is 2.51. The van der Waals surface area contributed by atoms with Gasteiger partial charge in [0.05, 0.1) is 7.11 Å². The van der Waals surface area contributed by atoms with Gasteiger partial charge in [0.2, 0.25) is 0 Å². The molecule has 0 fully saturated rings. The van der Waals surface area contributed by atoms with Gasteiger partial charge in [0.15, 0.2) is 5.57 Å². The number of hydrogen-bond donors (Lipinski definition) is 1. The van der Waals surface area contributed by atoms with Gasteiger partial charge in [-0.3, -0.25) is 0 Å². The zero-order valence-electron chi connectivity index (χ0n) is 10.5. The van der Waals surface area contributed by atoms with Gasteiger partial charge >= 0.3 is 11.9 Å². The highest BCUT2D eigenvalue weighted by molar-refractivity contribution is 6.16. The zero-order chi connectivity index (χ0) is 14.0. The standard InChI is InChI=1S/C13H13NO5/c1-17-11(15)9-10(14)13(18-2,19-12(9)16)8-6-4-3-5-7-8/h3-7H,14H2,1-2H3. The number of methoxy groups -OCH3 is 2.